The van der Waals surface area contributed by atoms with Crippen LogP contribution in [0.2, 0.25) is 5.02 Å². The largest absolute Gasteiger partial charge is 0.314 e. The van der Waals surface area contributed by atoms with Crippen molar-refractivity contribution < 1.29 is 0 Å². The highest BCUT2D eigenvalue weighted by Gasteiger charge is 2.25. The van der Waals surface area contributed by atoms with Crippen molar-refractivity contribution in [3.05, 3.63) is 50.9 Å². The van der Waals surface area contributed by atoms with Crippen LogP contribution in [0.1, 0.15) is 22.3 Å². The molecule has 106 valence electrons. The fraction of sp³-hybridized carbons (Fsp3) is 0.400. The van der Waals surface area contributed by atoms with Gasteiger partial charge in [0, 0.05) is 41.8 Å². The van der Waals surface area contributed by atoms with E-state index in [4.69, 9.17) is 11.6 Å². The van der Waals surface area contributed by atoms with E-state index < -0.39 is 0 Å². The summed E-state index contributed by atoms with van der Waals surface area (Å²) in [6, 6.07) is 8.46. The first-order valence-electron chi connectivity index (χ1n) is 6.84. The number of halogens is 1. The topological polar surface area (TPSA) is 28.2 Å². The molecule has 1 aliphatic rings. The van der Waals surface area contributed by atoms with Crippen LogP contribution in [0.25, 0.3) is 0 Å². The molecular formula is C15H18ClN3S. The highest BCUT2D eigenvalue weighted by atomic mass is 35.5. The van der Waals surface area contributed by atoms with Gasteiger partial charge in [0.2, 0.25) is 0 Å². The monoisotopic (exact) mass is 307 g/mol. The average molecular weight is 308 g/mol. The van der Waals surface area contributed by atoms with Gasteiger partial charge in [-0.15, -0.1) is 11.3 Å². The molecule has 1 atom stereocenters. The van der Waals surface area contributed by atoms with E-state index in [-0.39, 0.29) is 0 Å². The zero-order chi connectivity index (χ0) is 13.9. The van der Waals surface area contributed by atoms with Crippen molar-refractivity contribution in [1.29, 1.82) is 0 Å². The van der Waals surface area contributed by atoms with E-state index >= 15 is 0 Å². The highest BCUT2D eigenvalue weighted by molar-refractivity contribution is 7.09. The maximum absolute atomic E-state index is 6.36. The van der Waals surface area contributed by atoms with Crippen LogP contribution in [-0.4, -0.2) is 29.5 Å². The molecule has 1 aliphatic heterocycles. The van der Waals surface area contributed by atoms with Crippen LogP contribution in [0.5, 0.6) is 0 Å². The fourth-order valence-corrected chi connectivity index (χ4v) is 3.69. The van der Waals surface area contributed by atoms with Crippen LogP contribution >= 0.6 is 22.9 Å². The van der Waals surface area contributed by atoms with Crippen LogP contribution < -0.4 is 5.32 Å². The fourth-order valence-electron chi connectivity index (χ4n) is 2.64. The molecule has 2 aromatic rings. The van der Waals surface area contributed by atoms with Crippen LogP contribution in [0.4, 0.5) is 0 Å². The van der Waals surface area contributed by atoms with Crippen molar-refractivity contribution in [1.82, 2.24) is 15.2 Å². The van der Waals surface area contributed by atoms with Gasteiger partial charge in [-0.05, 0) is 18.6 Å². The van der Waals surface area contributed by atoms with E-state index in [0.29, 0.717) is 6.04 Å². The summed E-state index contributed by atoms with van der Waals surface area (Å²) < 4.78 is 0. The summed E-state index contributed by atoms with van der Waals surface area (Å²) in [5, 5.41) is 7.61. The molecule has 1 unspecified atom stereocenters. The van der Waals surface area contributed by atoms with Crippen molar-refractivity contribution in [2.75, 3.05) is 19.6 Å². The number of nitrogens with zero attached hydrogens (tertiary/aromatic N) is 2. The van der Waals surface area contributed by atoms with Crippen LogP contribution in [-0.2, 0) is 6.54 Å². The number of rotatable bonds is 3. The number of hydrogen-bond acceptors (Lipinski definition) is 4. The summed E-state index contributed by atoms with van der Waals surface area (Å²) in [7, 11) is 0. The Labute approximate surface area is 128 Å². The zero-order valence-electron chi connectivity index (χ0n) is 11.5. The zero-order valence-corrected chi connectivity index (χ0v) is 13.0. The molecule has 1 N–H and O–H groups in total. The molecule has 0 radical (unpaired) electrons. The Bertz CT molecular complexity index is 584. The first-order chi connectivity index (χ1) is 9.74. The van der Waals surface area contributed by atoms with E-state index in [1.54, 1.807) is 11.3 Å². The maximum Gasteiger partial charge on any atom is 0.107 e. The van der Waals surface area contributed by atoms with Crippen molar-refractivity contribution in [2.45, 2.75) is 19.5 Å². The average Bonchev–Trinajstić information content (AvgIpc) is 2.86. The lowest BCUT2D eigenvalue weighted by Crippen LogP contribution is -2.45. The second-order valence-electron chi connectivity index (χ2n) is 5.09. The van der Waals surface area contributed by atoms with Crippen LogP contribution in [0.3, 0.4) is 0 Å². The Morgan fingerprint density at radius 2 is 2.30 bits per heavy atom. The molecule has 1 saturated heterocycles. The molecule has 1 aromatic heterocycles. The number of thiazole rings is 1. The van der Waals surface area contributed by atoms with Gasteiger partial charge in [-0.3, -0.25) is 4.90 Å². The summed E-state index contributed by atoms with van der Waals surface area (Å²) in [4.78, 5) is 7.05. The predicted octanol–water partition coefficient (Wildman–Crippen LogP) is 3.25. The van der Waals surface area contributed by atoms with E-state index in [1.807, 2.05) is 19.1 Å². The van der Waals surface area contributed by atoms with Gasteiger partial charge < -0.3 is 5.32 Å². The van der Waals surface area contributed by atoms with Crippen LogP contribution in [0.15, 0.2) is 29.6 Å². The van der Waals surface area contributed by atoms with E-state index in [1.165, 1.54) is 10.6 Å². The molecule has 3 rings (SSSR count). The van der Waals surface area contributed by atoms with Gasteiger partial charge in [-0.1, -0.05) is 29.8 Å². The molecule has 5 heteroatoms. The molecule has 1 aromatic carbocycles. The normalized spacial score (nSPS) is 20.2. The first-order valence-corrected chi connectivity index (χ1v) is 8.10. The van der Waals surface area contributed by atoms with Crippen LogP contribution in [0, 0.1) is 6.92 Å². The van der Waals surface area contributed by atoms with Crippen molar-refractivity contribution in [3.63, 3.8) is 0 Å². The standard InChI is InChI=1S/C15H18ClN3S/c1-11-10-20-15(18-11)9-19-7-6-17-8-14(19)12-4-2-3-5-13(12)16/h2-5,10,14,17H,6-9H2,1H3. The molecule has 0 spiro atoms. The highest BCUT2D eigenvalue weighted by Crippen LogP contribution is 2.29. The number of nitrogens with one attached hydrogen (secondary N) is 1. The van der Waals surface area contributed by atoms with Gasteiger partial charge in [0.05, 0.1) is 6.54 Å². The molecule has 0 bridgehead atoms. The Hall–Kier alpha value is -0.940. The third kappa shape index (κ3) is 3.04. The van der Waals surface area contributed by atoms with E-state index in [0.717, 1.165) is 36.9 Å². The smallest absolute Gasteiger partial charge is 0.107 e. The maximum atomic E-state index is 6.36. The lowest BCUT2D eigenvalue weighted by atomic mass is 10.0. The lowest BCUT2D eigenvalue weighted by Gasteiger charge is -2.36. The number of hydrogen-bond donors (Lipinski definition) is 1. The minimum Gasteiger partial charge on any atom is -0.314 e. The molecule has 2 heterocycles. The molecule has 1 fully saturated rings. The third-order valence-electron chi connectivity index (χ3n) is 3.62. The second-order valence-corrected chi connectivity index (χ2v) is 6.44. The number of aromatic nitrogens is 1. The van der Waals surface area contributed by atoms with E-state index in [9.17, 15) is 0 Å². The van der Waals surface area contributed by atoms with Gasteiger partial charge in [-0.2, -0.15) is 0 Å². The quantitative estimate of drug-likeness (QED) is 0.943. The first kappa shape index (κ1) is 14.0. The predicted molar refractivity (Wildman–Crippen MR) is 84.3 cm³/mol. The Balaban J connectivity index is 1.82. The summed E-state index contributed by atoms with van der Waals surface area (Å²) in [6.45, 7) is 5.92. The minimum absolute atomic E-state index is 0.321. The summed E-state index contributed by atoms with van der Waals surface area (Å²) >= 11 is 8.10. The molecule has 3 nitrogen and oxygen atoms in total. The van der Waals surface area contributed by atoms with Crippen molar-refractivity contribution in [3.8, 4) is 0 Å². The molecule has 0 aliphatic carbocycles. The van der Waals surface area contributed by atoms with Gasteiger partial charge in [0.25, 0.3) is 0 Å². The van der Waals surface area contributed by atoms with Crippen molar-refractivity contribution in [2.24, 2.45) is 0 Å². The lowest BCUT2D eigenvalue weighted by molar-refractivity contribution is 0.153. The SMILES string of the molecule is Cc1csc(CN2CCNCC2c2ccccc2Cl)n1. The molecular weight excluding hydrogens is 290 g/mol. The van der Waals surface area contributed by atoms with Gasteiger partial charge in [-0.25, -0.2) is 4.98 Å². The molecule has 0 saturated carbocycles. The number of aryl methyl sites for hydroxylation is 1. The minimum atomic E-state index is 0.321. The number of benzene rings is 1. The Kier molecular flexibility index (Phi) is 4.36. The van der Waals surface area contributed by atoms with Crippen molar-refractivity contribution >= 4 is 22.9 Å². The molecule has 0 amide bonds. The van der Waals surface area contributed by atoms with Gasteiger partial charge in [0.15, 0.2) is 0 Å². The van der Waals surface area contributed by atoms with Gasteiger partial charge in [0.1, 0.15) is 5.01 Å². The Morgan fingerprint density at radius 1 is 1.45 bits per heavy atom. The number of piperazine rings is 1. The Morgan fingerprint density at radius 3 is 3.05 bits per heavy atom. The van der Waals surface area contributed by atoms with E-state index in [2.05, 4.69) is 32.7 Å². The van der Waals surface area contributed by atoms with Gasteiger partial charge >= 0.3 is 0 Å². The summed E-state index contributed by atoms with van der Waals surface area (Å²) in [5.41, 5.74) is 2.31. The third-order valence-corrected chi connectivity index (χ3v) is 4.92. The summed E-state index contributed by atoms with van der Waals surface area (Å²) in [6.07, 6.45) is 0. The second kappa shape index (κ2) is 6.22. The summed E-state index contributed by atoms with van der Waals surface area (Å²) in [5.74, 6) is 0. The molecule has 20 heavy (non-hydrogen) atoms.